The number of nitrogens with zero attached hydrogens (tertiary/aromatic N) is 7. The molecule has 3 heterocycles. The Hall–Kier alpha value is -3.44. The molecule has 176 valence electrons. The van der Waals surface area contributed by atoms with Crippen molar-refractivity contribution in [1.82, 2.24) is 34.7 Å². The van der Waals surface area contributed by atoms with Crippen LogP contribution in [-0.2, 0) is 12.1 Å². The first-order chi connectivity index (χ1) is 16.2. The molecule has 0 fully saturated rings. The molecule has 34 heavy (non-hydrogen) atoms. The summed E-state index contributed by atoms with van der Waals surface area (Å²) in [4.78, 5) is 19.9. The molecule has 0 saturated carbocycles. The van der Waals surface area contributed by atoms with Gasteiger partial charge in [0.05, 0.1) is 23.6 Å². The van der Waals surface area contributed by atoms with Crippen molar-refractivity contribution in [3.63, 3.8) is 0 Å². The minimum absolute atomic E-state index is 0.0414. The van der Waals surface area contributed by atoms with E-state index in [1.807, 2.05) is 0 Å². The second kappa shape index (κ2) is 9.43. The van der Waals surface area contributed by atoms with Crippen molar-refractivity contribution in [3.8, 4) is 0 Å². The first kappa shape index (κ1) is 23.7. The number of halogens is 4. The zero-order valence-corrected chi connectivity index (χ0v) is 18.8. The second-order valence-corrected chi connectivity index (χ2v) is 8.17. The summed E-state index contributed by atoms with van der Waals surface area (Å²) in [5.74, 6) is -3.92. The van der Waals surface area contributed by atoms with Crippen LogP contribution in [0.5, 0.6) is 0 Å². The molecule has 0 spiro atoms. The van der Waals surface area contributed by atoms with Crippen molar-refractivity contribution in [2.45, 2.75) is 37.8 Å². The van der Waals surface area contributed by atoms with Gasteiger partial charge >= 0.3 is 0 Å². The Morgan fingerprint density at radius 3 is 2.44 bits per heavy atom. The van der Waals surface area contributed by atoms with Gasteiger partial charge in [-0.1, -0.05) is 31.5 Å². The van der Waals surface area contributed by atoms with Gasteiger partial charge in [0.15, 0.2) is 11.0 Å². The Labute approximate surface area is 197 Å². The van der Waals surface area contributed by atoms with Gasteiger partial charge in [-0.2, -0.15) is 5.10 Å². The lowest BCUT2D eigenvalue weighted by molar-refractivity contribution is -0.0123. The van der Waals surface area contributed by atoms with Crippen LogP contribution in [0.1, 0.15) is 48.3 Å². The van der Waals surface area contributed by atoms with Gasteiger partial charge in [0.1, 0.15) is 42.5 Å². The van der Waals surface area contributed by atoms with Gasteiger partial charge in [-0.15, -0.1) is 0 Å². The predicted octanol–water partition coefficient (Wildman–Crippen LogP) is 3.77. The van der Waals surface area contributed by atoms with Crippen LogP contribution >= 0.6 is 11.6 Å². The van der Waals surface area contributed by atoms with Crippen LogP contribution in [0.25, 0.3) is 0 Å². The molecule has 1 unspecified atom stereocenters. The zero-order chi connectivity index (χ0) is 24.5. The smallest absolute Gasteiger partial charge is 0.182 e. The van der Waals surface area contributed by atoms with Crippen LogP contribution in [0.15, 0.2) is 49.6 Å². The van der Waals surface area contributed by atoms with Crippen molar-refractivity contribution in [2.24, 2.45) is 0 Å². The molecule has 0 amide bonds. The topological polar surface area (TPSA) is 102 Å². The van der Waals surface area contributed by atoms with E-state index >= 15 is 0 Å². The lowest BCUT2D eigenvalue weighted by Gasteiger charge is -2.34. The molecule has 4 rings (SSSR count). The molecular formula is C22H19ClF3N7O. The molecule has 0 radical (unpaired) electrons. The fraction of sp³-hybridized carbons (Fsp3) is 0.273. The molecule has 0 aliphatic rings. The molecule has 0 aliphatic heterocycles. The Bertz CT molecular complexity index is 1310. The zero-order valence-electron chi connectivity index (χ0n) is 18.1. The van der Waals surface area contributed by atoms with Crippen molar-refractivity contribution < 1.29 is 18.3 Å². The van der Waals surface area contributed by atoms with E-state index in [0.717, 1.165) is 12.4 Å². The Kier molecular flexibility index (Phi) is 6.58. The van der Waals surface area contributed by atoms with Crippen LogP contribution in [-0.4, -0.2) is 39.8 Å². The third kappa shape index (κ3) is 4.48. The van der Waals surface area contributed by atoms with E-state index in [2.05, 4.69) is 30.0 Å². The van der Waals surface area contributed by atoms with E-state index in [1.165, 1.54) is 29.7 Å². The monoisotopic (exact) mass is 489 g/mol. The molecule has 12 heteroatoms. The van der Waals surface area contributed by atoms with Crippen LogP contribution in [0.3, 0.4) is 0 Å². The highest BCUT2D eigenvalue weighted by molar-refractivity contribution is 6.29. The van der Waals surface area contributed by atoms with E-state index < -0.39 is 34.9 Å². The summed E-state index contributed by atoms with van der Waals surface area (Å²) in [7, 11) is 0. The summed E-state index contributed by atoms with van der Waals surface area (Å²) in [6.45, 7) is 3.13. The highest BCUT2D eigenvalue weighted by atomic mass is 35.5. The molecule has 1 N–H and O–H groups in total. The fourth-order valence-electron chi connectivity index (χ4n) is 3.77. The largest absolute Gasteiger partial charge is 0.382 e. The van der Waals surface area contributed by atoms with Gasteiger partial charge in [0, 0.05) is 23.5 Å². The molecule has 3 aromatic heterocycles. The lowest BCUT2D eigenvalue weighted by Crippen LogP contribution is -2.38. The SMILES string of the molecule is CC(c1cc([C@H](C)[C@](O)(Cn2cncn2)c2ccc(F)cc2F)ncn1)c1ncnc(Cl)c1F. The van der Waals surface area contributed by atoms with Gasteiger partial charge in [-0.3, -0.25) is 0 Å². The van der Waals surface area contributed by atoms with Crippen molar-refractivity contribution >= 4 is 11.6 Å². The molecule has 3 atom stereocenters. The van der Waals surface area contributed by atoms with E-state index in [4.69, 9.17) is 11.6 Å². The van der Waals surface area contributed by atoms with Crippen LogP contribution < -0.4 is 0 Å². The van der Waals surface area contributed by atoms with Crippen molar-refractivity contribution in [3.05, 3.63) is 94.8 Å². The normalized spacial score (nSPS) is 15.0. The second-order valence-electron chi connectivity index (χ2n) is 7.82. The number of aliphatic hydroxyl groups is 1. The molecule has 8 nitrogen and oxygen atoms in total. The summed E-state index contributed by atoms with van der Waals surface area (Å²) in [5, 5.41) is 15.5. The third-order valence-electron chi connectivity index (χ3n) is 5.76. The van der Waals surface area contributed by atoms with Crippen LogP contribution in [0.2, 0.25) is 5.15 Å². The molecule has 0 aliphatic carbocycles. The average molecular weight is 490 g/mol. The van der Waals surface area contributed by atoms with Gasteiger partial charge in [-0.25, -0.2) is 42.8 Å². The molecule has 1 aromatic carbocycles. The minimum atomic E-state index is -1.90. The van der Waals surface area contributed by atoms with Gasteiger partial charge < -0.3 is 5.11 Å². The van der Waals surface area contributed by atoms with Gasteiger partial charge in [-0.05, 0) is 12.1 Å². The number of hydrogen-bond donors (Lipinski definition) is 1. The first-order valence-electron chi connectivity index (χ1n) is 10.2. The van der Waals surface area contributed by atoms with E-state index in [9.17, 15) is 18.3 Å². The third-order valence-corrected chi connectivity index (χ3v) is 6.03. The van der Waals surface area contributed by atoms with E-state index in [-0.39, 0.29) is 23.0 Å². The van der Waals surface area contributed by atoms with Crippen LogP contribution in [0.4, 0.5) is 13.2 Å². The highest BCUT2D eigenvalue weighted by Crippen LogP contribution is 2.39. The van der Waals surface area contributed by atoms with Crippen molar-refractivity contribution in [2.75, 3.05) is 0 Å². The maximum atomic E-state index is 14.8. The average Bonchev–Trinajstić information content (AvgIpc) is 3.32. The molecule has 0 saturated heterocycles. The van der Waals surface area contributed by atoms with E-state index in [0.29, 0.717) is 17.5 Å². The predicted molar refractivity (Wildman–Crippen MR) is 115 cm³/mol. The standard InChI is InChI=1S/C22H19ClF3N7O/c1-12(20-19(26)21(23)31-10-30-20)17-6-18(29-9-28-17)13(2)22(34,7-33-11-27-8-32-33)15-4-3-14(24)5-16(15)25/h3-6,8-13,34H,7H2,1-2H3/t12?,13-,22+/m0/s1. The fourth-order valence-corrected chi connectivity index (χ4v) is 3.91. The Balaban J connectivity index is 1.76. The quantitative estimate of drug-likeness (QED) is 0.394. The first-order valence-corrected chi connectivity index (χ1v) is 10.6. The summed E-state index contributed by atoms with van der Waals surface area (Å²) in [6.07, 6.45) is 5.05. The lowest BCUT2D eigenvalue weighted by atomic mass is 9.79. The molecule has 0 bridgehead atoms. The number of benzene rings is 1. The van der Waals surface area contributed by atoms with Gasteiger partial charge in [0.25, 0.3) is 0 Å². The Morgan fingerprint density at radius 1 is 1.00 bits per heavy atom. The maximum absolute atomic E-state index is 14.8. The number of hydrogen-bond acceptors (Lipinski definition) is 7. The maximum Gasteiger partial charge on any atom is 0.182 e. The van der Waals surface area contributed by atoms with Crippen molar-refractivity contribution in [1.29, 1.82) is 0 Å². The van der Waals surface area contributed by atoms with Gasteiger partial charge in [0.2, 0.25) is 0 Å². The number of aromatic nitrogens is 7. The number of rotatable bonds is 7. The summed E-state index contributed by atoms with van der Waals surface area (Å²) in [6, 6.07) is 4.51. The van der Waals surface area contributed by atoms with E-state index in [1.54, 1.807) is 19.9 Å². The summed E-state index contributed by atoms with van der Waals surface area (Å²) >= 11 is 5.78. The minimum Gasteiger partial charge on any atom is -0.382 e. The van der Waals surface area contributed by atoms with Crippen LogP contribution in [0, 0.1) is 17.5 Å². The Morgan fingerprint density at radius 2 is 1.74 bits per heavy atom. The molecule has 4 aromatic rings. The highest BCUT2D eigenvalue weighted by Gasteiger charge is 2.41. The summed E-state index contributed by atoms with van der Waals surface area (Å²) < 4.78 is 44.2. The molecular weight excluding hydrogens is 471 g/mol. The summed E-state index contributed by atoms with van der Waals surface area (Å²) in [5.41, 5.74) is -1.26.